The van der Waals surface area contributed by atoms with Crippen LogP contribution in [0.25, 0.3) is 6.08 Å². The van der Waals surface area contributed by atoms with Crippen LogP contribution in [0, 0.1) is 5.92 Å². The fraction of sp³-hybridized carbons (Fsp3) is 0.429. The van der Waals surface area contributed by atoms with Crippen LogP contribution in [-0.2, 0) is 14.8 Å². The minimum Gasteiger partial charge on any atom is -0.298 e. The van der Waals surface area contributed by atoms with Gasteiger partial charge < -0.3 is 0 Å². The van der Waals surface area contributed by atoms with Gasteiger partial charge in [0.15, 0.2) is 0 Å². The van der Waals surface area contributed by atoms with Crippen molar-refractivity contribution in [2.45, 2.75) is 32.6 Å². The van der Waals surface area contributed by atoms with Gasteiger partial charge in [0.25, 0.3) is 0 Å². The highest BCUT2D eigenvalue weighted by Crippen LogP contribution is 2.45. The number of fused-ring (bicyclic) bond motifs is 1. The molecule has 1 unspecified atom stereocenters. The molecule has 0 radical (unpaired) electrons. The molecular formula is C21H25ClN2O3S. The molecule has 0 saturated carbocycles. The summed E-state index contributed by atoms with van der Waals surface area (Å²) in [5.74, 6) is 0.213. The largest absolute Gasteiger partial charge is 0.298 e. The van der Waals surface area contributed by atoms with Crippen molar-refractivity contribution in [3.63, 3.8) is 0 Å². The highest BCUT2D eigenvalue weighted by Gasteiger charge is 2.35. The smallest absolute Gasteiger partial charge is 0.211 e. The van der Waals surface area contributed by atoms with Gasteiger partial charge in [-0.25, -0.2) is 12.7 Å². The van der Waals surface area contributed by atoms with E-state index >= 15 is 0 Å². The molecule has 0 aromatic heterocycles. The minimum absolute atomic E-state index is 0.0149. The van der Waals surface area contributed by atoms with E-state index in [1.165, 1.54) is 10.6 Å². The van der Waals surface area contributed by atoms with Gasteiger partial charge in [-0.2, -0.15) is 0 Å². The lowest BCUT2D eigenvalue weighted by Crippen LogP contribution is -2.39. The van der Waals surface area contributed by atoms with E-state index in [0.29, 0.717) is 23.7 Å². The molecule has 0 N–H and O–H groups in total. The van der Waals surface area contributed by atoms with Gasteiger partial charge in [-0.15, -0.1) is 0 Å². The first-order valence-electron chi connectivity index (χ1n) is 9.37. The van der Waals surface area contributed by atoms with Crippen molar-refractivity contribution < 1.29 is 13.2 Å². The first-order valence-corrected chi connectivity index (χ1v) is 11.6. The molecule has 28 heavy (non-hydrogen) atoms. The fourth-order valence-corrected chi connectivity index (χ4v) is 5.27. The molecule has 150 valence electrons. The van der Waals surface area contributed by atoms with E-state index in [0.717, 1.165) is 41.5 Å². The van der Waals surface area contributed by atoms with Gasteiger partial charge in [0.2, 0.25) is 10.0 Å². The molecule has 3 rings (SSSR count). The quantitative estimate of drug-likeness (QED) is 0.545. The number of carbonyl (C=O) groups is 1. The molecule has 5 nitrogen and oxygen atoms in total. The normalized spacial score (nSPS) is 22.1. The maximum atomic E-state index is 11.9. The summed E-state index contributed by atoms with van der Waals surface area (Å²) in [7, 11) is -3.18. The Balaban J connectivity index is 2.10. The van der Waals surface area contributed by atoms with E-state index < -0.39 is 10.0 Å². The summed E-state index contributed by atoms with van der Waals surface area (Å²) in [6.07, 6.45) is 7.23. The summed E-state index contributed by atoms with van der Waals surface area (Å²) in [6.45, 7) is 4.79. The number of carbonyl (C=O) groups excluding carboxylic acids is 1. The van der Waals surface area contributed by atoms with E-state index in [1.54, 1.807) is 6.21 Å². The average Bonchev–Trinajstić information content (AvgIpc) is 2.76. The van der Waals surface area contributed by atoms with Crippen molar-refractivity contribution >= 4 is 40.2 Å². The van der Waals surface area contributed by atoms with Crippen molar-refractivity contribution in [1.82, 2.24) is 4.31 Å². The predicted octanol–water partition coefficient (Wildman–Crippen LogP) is 4.06. The molecule has 1 fully saturated rings. The number of sulfonamides is 1. The van der Waals surface area contributed by atoms with E-state index in [4.69, 9.17) is 11.6 Å². The Morgan fingerprint density at radius 2 is 1.93 bits per heavy atom. The molecule has 2 aliphatic rings. The zero-order chi connectivity index (χ0) is 20.5. The van der Waals surface area contributed by atoms with Crippen LogP contribution >= 0.6 is 11.6 Å². The van der Waals surface area contributed by atoms with Crippen LogP contribution in [0.5, 0.6) is 0 Å². The second kappa shape index (κ2) is 8.31. The van der Waals surface area contributed by atoms with E-state index in [9.17, 15) is 13.2 Å². The molecule has 1 aliphatic heterocycles. The fourth-order valence-electron chi connectivity index (χ4n) is 4.21. The van der Waals surface area contributed by atoms with Gasteiger partial charge in [-0.1, -0.05) is 17.7 Å². The van der Waals surface area contributed by atoms with Gasteiger partial charge >= 0.3 is 0 Å². The monoisotopic (exact) mass is 420 g/mol. The Morgan fingerprint density at radius 1 is 1.25 bits per heavy atom. The highest BCUT2D eigenvalue weighted by atomic mass is 35.5. The molecule has 1 aromatic rings. The Bertz CT molecular complexity index is 971. The molecule has 1 aliphatic carbocycles. The van der Waals surface area contributed by atoms with Crippen LogP contribution in [0.2, 0.25) is 5.02 Å². The SMILES string of the molecule is CC=NC1=C(C)C(C=O)=Cc2cc(Cl)ccc2C1C1CCN(S(C)(=O)=O)CC1. The molecule has 0 bridgehead atoms. The summed E-state index contributed by atoms with van der Waals surface area (Å²) in [5, 5.41) is 0.617. The van der Waals surface area contributed by atoms with Gasteiger partial charge in [-0.05, 0) is 67.5 Å². The van der Waals surface area contributed by atoms with Crippen molar-refractivity contribution in [2.24, 2.45) is 10.9 Å². The number of piperidine rings is 1. The van der Waals surface area contributed by atoms with Gasteiger partial charge in [0.1, 0.15) is 6.29 Å². The number of hydrogen-bond acceptors (Lipinski definition) is 4. The number of halogens is 1. The van der Waals surface area contributed by atoms with Crippen LogP contribution in [0.1, 0.15) is 43.7 Å². The highest BCUT2D eigenvalue weighted by molar-refractivity contribution is 7.88. The summed E-state index contributed by atoms with van der Waals surface area (Å²) in [5.41, 5.74) is 4.33. The van der Waals surface area contributed by atoms with Crippen molar-refractivity contribution in [3.8, 4) is 0 Å². The van der Waals surface area contributed by atoms with E-state index in [-0.39, 0.29) is 11.8 Å². The van der Waals surface area contributed by atoms with Crippen molar-refractivity contribution in [3.05, 3.63) is 51.2 Å². The third-order valence-corrected chi connectivity index (χ3v) is 7.18. The number of nitrogens with zero attached hydrogens (tertiary/aromatic N) is 2. The summed E-state index contributed by atoms with van der Waals surface area (Å²) in [4.78, 5) is 16.4. The third-order valence-electron chi connectivity index (χ3n) is 5.64. The van der Waals surface area contributed by atoms with Crippen molar-refractivity contribution in [2.75, 3.05) is 19.3 Å². The molecule has 0 spiro atoms. The van der Waals surface area contributed by atoms with Gasteiger partial charge in [0, 0.05) is 35.8 Å². The zero-order valence-corrected chi connectivity index (χ0v) is 17.9. The number of benzene rings is 1. The average molecular weight is 421 g/mol. The standard InChI is InChI=1S/C21H25ClN2O3S/c1-4-23-21-14(2)17(13-25)11-16-12-18(22)5-6-19(16)20(21)15-7-9-24(10-8-15)28(3,26)27/h4-6,11-13,15,20H,7-10H2,1-3H3. The van der Waals surface area contributed by atoms with E-state index in [2.05, 4.69) is 4.99 Å². The topological polar surface area (TPSA) is 66.8 Å². The Morgan fingerprint density at radius 3 is 2.50 bits per heavy atom. The number of aldehydes is 1. The number of aliphatic imine (C=N–C) groups is 1. The molecule has 7 heteroatoms. The number of rotatable bonds is 4. The lowest BCUT2D eigenvalue weighted by molar-refractivity contribution is -0.104. The minimum atomic E-state index is -3.18. The van der Waals surface area contributed by atoms with Crippen molar-refractivity contribution in [1.29, 1.82) is 0 Å². The molecule has 0 amide bonds. The molecular weight excluding hydrogens is 396 g/mol. The summed E-state index contributed by atoms with van der Waals surface area (Å²) >= 11 is 6.22. The Labute approximate surface area is 171 Å². The molecule has 1 atom stereocenters. The van der Waals surface area contributed by atoms with Crippen LogP contribution in [0.15, 0.2) is 40.0 Å². The predicted molar refractivity (Wildman–Crippen MR) is 114 cm³/mol. The molecule has 1 saturated heterocycles. The Kier molecular flexibility index (Phi) is 6.22. The van der Waals surface area contributed by atoms with Crippen LogP contribution in [0.3, 0.4) is 0 Å². The third kappa shape index (κ3) is 4.14. The second-order valence-corrected chi connectivity index (χ2v) is 9.78. The lowest BCUT2D eigenvalue weighted by Gasteiger charge is -2.36. The molecule has 1 aromatic carbocycles. The molecule has 1 heterocycles. The first-order chi connectivity index (χ1) is 13.3. The second-order valence-electron chi connectivity index (χ2n) is 7.37. The summed E-state index contributed by atoms with van der Waals surface area (Å²) in [6, 6.07) is 5.75. The Hall–Kier alpha value is -1.76. The summed E-state index contributed by atoms with van der Waals surface area (Å²) < 4.78 is 25.3. The van der Waals surface area contributed by atoms with E-state index in [1.807, 2.05) is 38.1 Å². The first kappa shape index (κ1) is 21.0. The maximum absolute atomic E-state index is 11.9. The van der Waals surface area contributed by atoms with Crippen LogP contribution in [0.4, 0.5) is 0 Å². The number of allylic oxidation sites excluding steroid dienone is 3. The lowest BCUT2D eigenvalue weighted by atomic mass is 9.76. The van der Waals surface area contributed by atoms with Crippen LogP contribution < -0.4 is 0 Å². The van der Waals surface area contributed by atoms with Crippen LogP contribution in [-0.4, -0.2) is 44.6 Å². The zero-order valence-electron chi connectivity index (χ0n) is 16.4. The number of hydrogen-bond donors (Lipinski definition) is 0. The van der Waals surface area contributed by atoms with Gasteiger partial charge in [0.05, 0.1) is 12.0 Å². The maximum Gasteiger partial charge on any atom is 0.211 e. The van der Waals surface area contributed by atoms with Gasteiger partial charge in [-0.3, -0.25) is 9.79 Å².